The van der Waals surface area contributed by atoms with E-state index in [1.165, 1.54) is 0 Å². The summed E-state index contributed by atoms with van der Waals surface area (Å²) >= 11 is 16.1. The van der Waals surface area contributed by atoms with E-state index >= 15 is 0 Å². The summed E-state index contributed by atoms with van der Waals surface area (Å²) in [6.07, 6.45) is -1.07. The molecule has 1 amide bonds. The third-order valence-electron chi connectivity index (χ3n) is 1.45. The van der Waals surface area contributed by atoms with Gasteiger partial charge in [0, 0.05) is 5.41 Å². The van der Waals surface area contributed by atoms with Gasteiger partial charge >= 0.3 is 6.09 Å². The molecule has 0 rings (SSSR count). The number of rotatable bonds is 1. The van der Waals surface area contributed by atoms with E-state index in [9.17, 15) is 4.79 Å². The molecule has 3 N–H and O–H groups in total. The molecule has 0 aliphatic carbocycles. The van der Waals surface area contributed by atoms with Gasteiger partial charge in [-0.15, -0.1) is 4.99 Å². The first kappa shape index (κ1) is 17.3. The van der Waals surface area contributed by atoms with Gasteiger partial charge in [-0.25, -0.2) is 4.79 Å². The molecule has 0 bridgehead atoms. The lowest BCUT2D eigenvalue weighted by atomic mass is 9.97. The van der Waals surface area contributed by atoms with E-state index in [4.69, 9.17) is 50.7 Å². The first-order chi connectivity index (χ1) is 7.92. The van der Waals surface area contributed by atoms with Crippen LogP contribution in [0.5, 0.6) is 0 Å². The molecule has 0 fully saturated rings. The van der Waals surface area contributed by atoms with Crippen molar-refractivity contribution in [1.29, 1.82) is 5.41 Å². The van der Waals surface area contributed by atoms with Crippen molar-refractivity contribution in [3.05, 3.63) is 0 Å². The molecule has 0 aromatic rings. The molecule has 0 radical (unpaired) electrons. The molecule has 9 heteroatoms. The summed E-state index contributed by atoms with van der Waals surface area (Å²) in [4.78, 5) is 14.3. The Morgan fingerprint density at radius 1 is 1.33 bits per heavy atom. The van der Waals surface area contributed by atoms with Crippen LogP contribution in [0.3, 0.4) is 0 Å². The number of hydrogen-bond acceptors (Lipinski definition) is 4. The summed E-state index contributed by atoms with van der Waals surface area (Å²) in [5.41, 5.74) is 4.74. The zero-order valence-corrected chi connectivity index (χ0v) is 12.4. The minimum Gasteiger partial charge on any atom is -0.443 e. The topological polar surface area (TPSA) is 97.8 Å². The number of carbonyl (C=O) groups is 1. The molecule has 0 saturated heterocycles. The third-order valence-corrected chi connectivity index (χ3v) is 1.78. The Labute approximate surface area is 120 Å². The largest absolute Gasteiger partial charge is 0.443 e. The van der Waals surface area contributed by atoms with E-state index in [0.29, 0.717) is 0 Å². The highest BCUT2D eigenvalue weighted by atomic mass is 35.6. The van der Waals surface area contributed by atoms with Gasteiger partial charge in [0.1, 0.15) is 6.61 Å². The summed E-state index contributed by atoms with van der Waals surface area (Å²) in [7, 11) is 0. The van der Waals surface area contributed by atoms with Gasteiger partial charge in [-0.2, -0.15) is 0 Å². The molecule has 0 aromatic heterocycles. The second-order valence-corrected chi connectivity index (χ2v) is 6.82. The summed E-state index contributed by atoms with van der Waals surface area (Å²) in [6, 6.07) is -0.510. The van der Waals surface area contributed by atoms with Gasteiger partial charge in [-0.1, -0.05) is 55.6 Å². The van der Waals surface area contributed by atoms with E-state index in [-0.39, 0.29) is 5.90 Å². The quantitative estimate of drug-likeness (QED) is 0.441. The zero-order chi connectivity index (χ0) is 14.6. The van der Waals surface area contributed by atoms with Crippen LogP contribution in [-0.2, 0) is 9.47 Å². The fraction of sp³-hybridized carbons (Fsp3) is 0.667. The molecule has 0 aromatic carbocycles. The summed E-state index contributed by atoms with van der Waals surface area (Å²) in [5.74, 6) is -0.141. The Bertz CT molecular complexity index is 358. The first-order valence-corrected chi connectivity index (χ1v) is 5.90. The molecule has 6 nitrogen and oxygen atoms in total. The number of amidine groups is 1. The van der Waals surface area contributed by atoms with Crippen LogP contribution in [0.1, 0.15) is 20.8 Å². The monoisotopic (exact) mass is 317 g/mol. The maximum absolute atomic E-state index is 11.1. The second kappa shape index (κ2) is 6.45. The number of carbonyl (C=O) groups excluding carboxylic acids is 1. The fourth-order valence-corrected chi connectivity index (χ4v) is 0.710. The Morgan fingerprint density at radius 2 is 1.83 bits per heavy atom. The smallest absolute Gasteiger partial charge is 0.438 e. The number of ether oxygens (including phenoxy) is 2. The van der Waals surface area contributed by atoms with E-state index in [1.54, 1.807) is 20.8 Å². The number of nitrogens with zero attached hydrogens (tertiary/aromatic N) is 1. The van der Waals surface area contributed by atoms with Crippen LogP contribution >= 0.6 is 34.8 Å². The summed E-state index contributed by atoms with van der Waals surface area (Å²) in [5, 5.41) is 7.52. The van der Waals surface area contributed by atoms with Crippen LogP contribution in [0.15, 0.2) is 4.99 Å². The van der Waals surface area contributed by atoms with Crippen molar-refractivity contribution in [2.45, 2.75) is 24.6 Å². The predicted molar refractivity (Wildman–Crippen MR) is 71.5 cm³/mol. The minimum atomic E-state index is -1.72. The average molecular weight is 319 g/mol. The van der Waals surface area contributed by atoms with Crippen molar-refractivity contribution in [2.24, 2.45) is 16.1 Å². The summed E-state index contributed by atoms with van der Waals surface area (Å²) in [6.45, 7) is 4.75. The van der Waals surface area contributed by atoms with Gasteiger partial charge in [0.25, 0.3) is 6.02 Å². The number of hydrogen-bond donors (Lipinski definition) is 2. The van der Waals surface area contributed by atoms with Gasteiger partial charge in [-0.05, 0) is 0 Å². The maximum Gasteiger partial charge on any atom is 0.438 e. The van der Waals surface area contributed by atoms with Crippen molar-refractivity contribution >= 4 is 52.8 Å². The van der Waals surface area contributed by atoms with Gasteiger partial charge in [0.15, 0.2) is 5.90 Å². The van der Waals surface area contributed by atoms with Crippen LogP contribution in [0, 0.1) is 10.8 Å². The molecule has 0 unspecified atom stereocenters. The van der Waals surface area contributed by atoms with Crippen molar-refractivity contribution in [1.82, 2.24) is 0 Å². The molecular weight excluding hydrogens is 304 g/mol. The molecule has 0 spiro atoms. The van der Waals surface area contributed by atoms with Crippen molar-refractivity contribution in [2.75, 3.05) is 6.61 Å². The Morgan fingerprint density at radius 3 is 2.22 bits per heavy atom. The van der Waals surface area contributed by atoms with Crippen molar-refractivity contribution in [3.63, 3.8) is 0 Å². The zero-order valence-electron chi connectivity index (χ0n) is 10.1. The molecule has 18 heavy (non-hydrogen) atoms. The number of amides is 1. The van der Waals surface area contributed by atoms with Crippen molar-refractivity contribution < 1.29 is 14.3 Å². The highest BCUT2D eigenvalue weighted by Crippen LogP contribution is 2.26. The van der Waals surface area contributed by atoms with Crippen LogP contribution in [0.4, 0.5) is 4.79 Å². The maximum atomic E-state index is 11.1. The second-order valence-electron chi connectivity index (χ2n) is 4.30. The number of aliphatic imine (C=N–C) groups is 1. The molecule has 0 saturated carbocycles. The highest BCUT2D eigenvalue weighted by molar-refractivity contribution is 6.67. The lowest BCUT2D eigenvalue weighted by molar-refractivity contribution is 0.159. The standard InChI is InChI=1S/C9H14Cl3N3O3/c1-8(2,3)5(13)18-6(14)15-7(16)17-4-9(10,11)12/h13H,4H2,1-3H3,(H2,14,15,16). The molecular formula is C9H14Cl3N3O3. The Hall–Kier alpha value is -0.720. The summed E-state index contributed by atoms with van der Waals surface area (Å²) < 4.78 is 7.60. The third kappa shape index (κ3) is 8.38. The van der Waals surface area contributed by atoms with E-state index in [1.807, 2.05) is 0 Å². The number of alkyl halides is 3. The van der Waals surface area contributed by atoms with Crippen LogP contribution in [0.2, 0.25) is 0 Å². The van der Waals surface area contributed by atoms with Crippen LogP contribution in [0.25, 0.3) is 0 Å². The average Bonchev–Trinajstić information content (AvgIpc) is 2.11. The Kier molecular flexibility index (Phi) is 6.19. The Balaban J connectivity index is 4.34. The van der Waals surface area contributed by atoms with Gasteiger partial charge < -0.3 is 15.2 Å². The molecule has 0 aliphatic heterocycles. The normalized spacial score (nSPS) is 13.1. The van der Waals surface area contributed by atoms with Gasteiger partial charge in [-0.3, -0.25) is 5.41 Å². The molecule has 104 valence electrons. The predicted octanol–water partition coefficient (Wildman–Crippen LogP) is 2.85. The van der Waals surface area contributed by atoms with E-state index in [0.717, 1.165) is 0 Å². The molecule has 0 aliphatic rings. The van der Waals surface area contributed by atoms with E-state index < -0.39 is 27.9 Å². The minimum absolute atomic E-state index is 0.141. The fourth-order valence-electron chi connectivity index (χ4n) is 0.546. The van der Waals surface area contributed by atoms with E-state index in [2.05, 4.69) is 9.73 Å². The van der Waals surface area contributed by atoms with Crippen LogP contribution in [-0.4, -0.2) is 28.4 Å². The van der Waals surface area contributed by atoms with Crippen LogP contribution < -0.4 is 5.73 Å². The SMILES string of the molecule is CC(C)(C)C(=N)OC(N)=NC(=O)OCC(Cl)(Cl)Cl. The first-order valence-electron chi connectivity index (χ1n) is 4.76. The van der Waals surface area contributed by atoms with Gasteiger partial charge in [0.05, 0.1) is 0 Å². The molecule has 0 heterocycles. The molecule has 0 atom stereocenters. The number of nitrogens with one attached hydrogen (secondary N) is 1. The lowest BCUT2D eigenvalue weighted by Gasteiger charge is -2.18. The lowest BCUT2D eigenvalue weighted by Crippen LogP contribution is -2.30. The number of nitrogens with two attached hydrogens (primary N) is 1. The highest BCUT2D eigenvalue weighted by Gasteiger charge is 2.23. The number of halogens is 3. The van der Waals surface area contributed by atoms with Gasteiger partial charge in [0.2, 0.25) is 3.79 Å². The van der Waals surface area contributed by atoms with Crippen molar-refractivity contribution in [3.8, 4) is 0 Å².